The fourth-order valence-corrected chi connectivity index (χ4v) is 2.33. The number of halogens is 3. The van der Waals surface area contributed by atoms with Crippen LogP contribution in [-0.2, 0) is 6.54 Å². The zero-order valence-corrected chi connectivity index (χ0v) is 12.7. The van der Waals surface area contributed by atoms with Crippen molar-refractivity contribution in [1.29, 1.82) is 0 Å². The summed E-state index contributed by atoms with van der Waals surface area (Å²) in [6.07, 6.45) is 1.06. The number of nitrogens with one attached hydrogen (secondary N) is 1. The highest BCUT2D eigenvalue weighted by Gasteiger charge is 2.08. The van der Waals surface area contributed by atoms with Crippen molar-refractivity contribution in [3.05, 3.63) is 57.8 Å². The first-order valence-electron chi connectivity index (χ1n) is 6.56. The average Bonchev–Trinajstić information content (AvgIpc) is 2.44. The molecule has 0 spiro atoms. The van der Waals surface area contributed by atoms with Crippen LogP contribution >= 0.6 is 23.2 Å². The summed E-state index contributed by atoms with van der Waals surface area (Å²) in [4.78, 5) is 0. The van der Waals surface area contributed by atoms with Crippen molar-refractivity contribution in [2.24, 2.45) is 0 Å². The molecule has 2 aromatic carbocycles. The maximum Gasteiger partial charge on any atom is 0.123 e. The lowest BCUT2D eigenvalue weighted by molar-refractivity contribution is 0.625. The molecule has 106 valence electrons. The van der Waals surface area contributed by atoms with E-state index in [9.17, 15) is 4.39 Å². The maximum atomic E-state index is 13.5. The number of benzene rings is 2. The standard InChI is InChI=1S/C16H16Cl2FN/c1-2-7-20-10-12-3-5-13(19)9-14(12)11-4-6-15(17)16(18)8-11/h3-6,8-9,20H,2,7,10H2,1H3. The lowest BCUT2D eigenvalue weighted by atomic mass is 9.99. The van der Waals surface area contributed by atoms with Crippen molar-refractivity contribution in [1.82, 2.24) is 5.32 Å². The second kappa shape index (κ2) is 7.07. The third kappa shape index (κ3) is 3.72. The van der Waals surface area contributed by atoms with E-state index >= 15 is 0 Å². The highest BCUT2D eigenvalue weighted by molar-refractivity contribution is 6.42. The van der Waals surface area contributed by atoms with E-state index in [1.807, 2.05) is 6.07 Å². The highest BCUT2D eigenvalue weighted by atomic mass is 35.5. The predicted octanol–water partition coefficient (Wildman–Crippen LogP) is 5.30. The van der Waals surface area contributed by atoms with Crippen LogP contribution in [0, 0.1) is 5.82 Å². The maximum absolute atomic E-state index is 13.5. The normalized spacial score (nSPS) is 10.8. The molecule has 1 N–H and O–H groups in total. The molecular formula is C16H16Cl2FN. The van der Waals surface area contributed by atoms with Crippen molar-refractivity contribution < 1.29 is 4.39 Å². The van der Waals surface area contributed by atoms with Crippen LogP contribution in [-0.4, -0.2) is 6.54 Å². The lowest BCUT2D eigenvalue weighted by Crippen LogP contribution is -2.14. The van der Waals surface area contributed by atoms with Crippen LogP contribution < -0.4 is 5.32 Å². The van der Waals surface area contributed by atoms with Crippen LogP contribution in [0.4, 0.5) is 4.39 Å². The van der Waals surface area contributed by atoms with Crippen LogP contribution in [0.2, 0.25) is 10.0 Å². The Morgan fingerprint density at radius 3 is 2.55 bits per heavy atom. The van der Waals surface area contributed by atoms with Crippen LogP contribution in [0.25, 0.3) is 11.1 Å². The van der Waals surface area contributed by atoms with E-state index in [1.165, 1.54) is 12.1 Å². The topological polar surface area (TPSA) is 12.0 Å². The number of hydrogen-bond acceptors (Lipinski definition) is 1. The molecular weight excluding hydrogens is 296 g/mol. The van der Waals surface area contributed by atoms with Gasteiger partial charge in [0.05, 0.1) is 10.0 Å². The van der Waals surface area contributed by atoms with Gasteiger partial charge in [0.25, 0.3) is 0 Å². The fraction of sp³-hybridized carbons (Fsp3) is 0.250. The van der Waals surface area contributed by atoms with Gasteiger partial charge in [0.15, 0.2) is 0 Å². The third-order valence-corrected chi connectivity index (χ3v) is 3.78. The van der Waals surface area contributed by atoms with E-state index < -0.39 is 0 Å². The zero-order valence-electron chi connectivity index (χ0n) is 11.2. The molecule has 0 radical (unpaired) electrons. The summed E-state index contributed by atoms with van der Waals surface area (Å²) >= 11 is 12.0. The van der Waals surface area contributed by atoms with Crippen LogP contribution in [0.1, 0.15) is 18.9 Å². The minimum absolute atomic E-state index is 0.259. The van der Waals surface area contributed by atoms with Crippen molar-refractivity contribution in [3.63, 3.8) is 0 Å². The molecule has 0 fully saturated rings. The van der Waals surface area contributed by atoms with Crippen LogP contribution in [0.3, 0.4) is 0 Å². The van der Waals surface area contributed by atoms with Crippen LogP contribution in [0.15, 0.2) is 36.4 Å². The van der Waals surface area contributed by atoms with Gasteiger partial charge >= 0.3 is 0 Å². The van der Waals surface area contributed by atoms with Gasteiger partial charge in [-0.1, -0.05) is 42.3 Å². The van der Waals surface area contributed by atoms with Gasteiger partial charge in [-0.3, -0.25) is 0 Å². The molecule has 0 aliphatic heterocycles. The van der Waals surface area contributed by atoms with Gasteiger partial charge in [-0.2, -0.15) is 0 Å². The zero-order chi connectivity index (χ0) is 14.5. The largest absolute Gasteiger partial charge is 0.313 e. The first kappa shape index (κ1) is 15.3. The number of hydrogen-bond donors (Lipinski definition) is 1. The molecule has 2 aromatic rings. The molecule has 1 nitrogen and oxygen atoms in total. The molecule has 20 heavy (non-hydrogen) atoms. The highest BCUT2D eigenvalue weighted by Crippen LogP contribution is 2.31. The van der Waals surface area contributed by atoms with Crippen molar-refractivity contribution >= 4 is 23.2 Å². The summed E-state index contributed by atoms with van der Waals surface area (Å²) in [6.45, 7) is 3.74. The van der Waals surface area contributed by atoms with Crippen molar-refractivity contribution in [2.75, 3.05) is 6.54 Å². The summed E-state index contributed by atoms with van der Waals surface area (Å²) in [6, 6.07) is 10.2. The predicted molar refractivity (Wildman–Crippen MR) is 83.9 cm³/mol. The second-order valence-electron chi connectivity index (χ2n) is 4.61. The Bertz CT molecular complexity index is 599. The first-order chi connectivity index (χ1) is 9.61. The third-order valence-electron chi connectivity index (χ3n) is 3.04. The minimum atomic E-state index is -0.259. The van der Waals surface area contributed by atoms with E-state index in [0.29, 0.717) is 16.6 Å². The van der Waals surface area contributed by atoms with Gasteiger partial charge in [0.1, 0.15) is 5.82 Å². The molecule has 0 bridgehead atoms. The monoisotopic (exact) mass is 311 g/mol. The molecule has 0 heterocycles. The van der Waals surface area contributed by atoms with Crippen molar-refractivity contribution in [2.45, 2.75) is 19.9 Å². The van der Waals surface area contributed by atoms with Gasteiger partial charge < -0.3 is 5.32 Å². The molecule has 0 amide bonds. The van der Waals surface area contributed by atoms with Gasteiger partial charge in [0, 0.05) is 6.54 Å². The second-order valence-corrected chi connectivity index (χ2v) is 5.42. The average molecular weight is 312 g/mol. The molecule has 0 atom stereocenters. The summed E-state index contributed by atoms with van der Waals surface area (Å²) in [5.41, 5.74) is 2.75. The Morgan fingerprint density at radius 1 is 1.05 bits per heavy atom. The fourth-order valence-electron chi connectivity index (χ4n) is 2.04. The molecule has 0 aliphatic carbocycles. The summed E-state index contributed by atoms with van der Waals surface area (Å²) < 4.78 is 13.5. The molecule has 0 unspecified atom stereocenters. The summed E-state index contributed by atoms with van der Waals surface area (Å²) in [5.74, 6) is -0.259. The number of rotatable bonds is 5. The van der Waals surface area contributed by atoms with Gasteiger partial charge in [0.2, 0.25) is 0 Å². The Balaban J connectivity index is 2.37. The Hall–Kier alpha value is -1.09. The van der Waals surface area contributed by atoms with Crippen molar-refractivity contribution in [3.8, 4) is 11.1 Å². The van der Waals surface area contributed by atoms with E-state index in [1.54, 1.807) is 18.2 Å². The van der Waals surface area contributed by atoms with Gasteiger partial charge in [-0.05, 0) is 53.9 Å². The molecule has 2 rings (SSSR count). The Labute approximate surface area is 128 Å². The quantitative estimate of drug-likeness (QED) is 0.739. The van der Waals surface area contributed by atoms with E-state index in [2.05, 4.69) is 12.2 Å². The van der Waals surface area contributed by atoms with E-state index in [-0.39, 0.29) is 5.82 Å². The molecule has 0 aromatic heterocycles. The molecule has 0 aliphatic rings. The smallest absolute Gasteiger partial charge is 0.123 e. The molecule has 0 saturated heterocycles. The Morgan fingerprint density at radius 2 is 1.85 bits per heavy atom. The van der Waals surface area contributed by atoms with E-state index in [4.69, 9.17) is 23.2 Å². The van der Waals surface area contributed by atoms with Crippen LogP contribution in [0.5, 0.6) is 0 Å². The minimum Gasteiger partial charge on any atom is -0.313 e. The van der Waals surface area contributed by atoms with E-state index in [0.717, 1.165) is 29.7 Å². The molecule has 0 saturated carbocycles. The van der Waals surface area contributed by atoms with Gasteiger partial charge in [-0.25, -0.2) is 4.39 Å². The summed E-state index contributed by atoms with van der Waals surface area (Å²) in [7, 11) is 0. The summed E-state index contributed by atoms with van der Waals surface area (Å²) in [5, 5.41) is 4.30. The first-order valence-corrected chi connectivity index (χ1v) is 7.32. The van der Waals surface area contributed by atoms with Gasteiger partial charge in [-0.15, -0.1) is 0 Å². The molecule has 4 heteroatoms. The Kier molecular flexibility index (Phi) is 5.41. The lowest BCUT2D eigenvalue weighted by Gasteiger charge is -2.11. The SMILES string of the molecule is CCCNCc1ccc(F)cc1-c1ccc(Cl)c(Cl)c1.